The van der Waals surface area contributed by atoms with Gasteiger partial charge in [-0.3, -0.25) is 9.59 Å². The fourth-order valence-corrected chi connectivity index (χ4v) is 3.73. The first-order valence-electron chi connectivity index (χ1n) is 10.1. The van der Waals surface area contributed by atoms with E-state index in [1.807, 2.05) is 44.2 Å². The molecule has 1 heterocycles. The highest BCUT2D eigenvalue weighted by atomic mass is 32.2. The van der Waals surface area contributed by atoms with Gasteiger partial charge >= 0.3 is 0 Å². The van der Waals surface area contributed by atoms with Crippen molar-refractivity contribution in [2.45, 2.75) is 31.3 Å². The lowest BCUT2D eigenvalue weighted by Gasteiger charge is -2.10. The molecule has 0 unspecified atom stereocenters. The molecule has 8 heteroatoms. The van der Waals surface area contributed by atoms with E-state index >= 15 is 0 Å². The number of benzene rings is 2. The average molecular weight is 452 g/mol. The van der Waals surface area contributed by atoms with Gasteiger partial charge < -0.3 is 10.6 Å². The van der Waals surface area contributed by atoms with Crippen molar-refractivity contribution in [3.63, 3.8) is 0 Å². The first-order valence-corrected chi connectivity index (χ1v) is 12.0. The Morgan fingerprint density at radius 3 is 2.12 bits per heavy atom. The van der Waals surface area contributed by atoms with Gasteiger partial charge in [0.1, 0.15) is 11.4 Å². The molecule has 0 aliphatic rings. The summed E-state index contributed by atoms with van der Waals surface area (Å²) in [5.74, 6) is -0.729. The Kier molecular flexibility index (Phi) is 7.05. The first-order chi connectivity index (χ1) is 15.1. The molecule has 0 bridgehead atoms. The van der Waals surface area contributed by atoms with Crippen LogP contribution in [0.3, 0.4) is 0 Å². The molecule has 2 aromatic carbocycles. The molecule has 2 amide bonds. The molecule has 0 saturated carbocycles. The number of hydrogen-bond acceptors (Lipinski definition) is 5. The molecular formula is C24H25N3O4S. The van der Waals surface area contributed by atoms with Crippen LogP contribution in [0.15, 0.2) is 71.6 Å². The number of carbonyl (C=O) groups excluding carboxylic acids is 2. The van der Waals surface area contributed by atoms with E-state index in [4.69, 9.17) is 0 Å². The number of aromatic nitrogens is 1. The number of hydrogen-bond donors (Lipinski definition) is 2. The lowest BCUT2D eigenvalue weighted by molar-refractivity contribution is 0.0936. The van der Waals surface area contributed by atoms with Gasteiger partial charge in [0.2, 0.25) is 0 Å². The topological polar surface area (TPSA) is 105 Å². The van der Waals surface area contributed by atoms with Crippen molar-refractivity contribution in [2.24, 2.45) is 0 Å². The largest absolute Gasteiger partial charge is 0.349 e. The summed E-state index contributed by atoms with van der Waals surface area (Å²) >= 11 is 0. The van der Waals surface area contributed by atoms with E-state index in [-0.39, 0.29) is 34.8 Å². The van der Waals surface area contributed by atoms with Crippen molar-refractivity contribution in [3.8, 4) is 11.1 Å². The van der Waals surface area contributed by atoms with E-state index in [1.165, 1.54) is 6.26 Å². The minimum atomic E-state index is -3.30. The maximum absolute atomic E-state index is 12.6. The molecule has 0 aliphatic carbocycles. The summed E-state index contributed by atoms with van der Waals surface area (Å²) in [6.07, 6.45) is 1.17. The van der Waals surface area contributed by atoms with Crippen molar-refractivity contribution in [3.05, 3.63) is 83.7 Å². The van der Waals surface area contributed by atoms with Gasteiger partial charge in [0.05, 0.1) is 4.90 Å². The molecule has 0 saturated heterocycles. The van der Waals surface area contributed by atoms with Crippen LogP contribution in [-0.4, -0.2) is 37.5 Å². The van der Waals surface area contributed by atoms with Crippen molar-refractivity contribution in [2.75, 3.05) is 6.26 Å². The van der Waals surface area contributed by atoms with Gasteiger partial charge in [-0.05, 0) is 60.9 Å². The number of carbonyl (C=O) groups is 2. The summed E-state index contributed by atoms with van der Waals surface area (Å²) in [6, 6.07) is 18.9. The van der Waals surface area contributed by atoms with Crippen LogP contribution >= 0.6 is 0 Å². The number of pyridine rings is 1. The number of nitrogens with one attached hydrogen (secondary N) is 2. The fourth-order valence-electron chi connectivity index (χ4n) is 3.06. The van der Waals surface area contributed by atoms with Crippen LogP contribution in [0.1, 0.15) is 40.4 Å². The molecule has 0 atom stereocenters. The Morgan fingerprint density at radius 2 is 1.47 bits per heavy atom. The molecule has 2 N–H and O–H groups in total. The Morgan fingerprint density at radius 1 is 0.875 bits per heavy atom. The monoisotopic (exact) mass is 451 g/mol. The molecule has 0 spiro atoms. The van der Waals surface area contributed by atoms with Gasteiger partial charge in [-0.15, -0.1) is 0 Å². The van der Waals surface area contributed by atoms with E-state index in [9.17, 15) is 18.0 Å². The highest BCUT2D eigenvalue weighted by Crippen LogP contribution is 2.23. The van der Waals surface area contributed by atoms with Crippen LogP contribution < -0.4 is 10.6 Å². The van der Waals surface area contributed by atoms with Crippen molar-refractivity contribution in [1.82, 2.24) is 15.6 Å². The third-order valence-electron chi connectivity index (χ3n) is 4.61. The fraction of sp³-hybridized carbons (Fsp3) is 0.208. The highest BCUT2D eigenvalue weighted by molar-refractivity contribution is 7.90. The van der Waals surface area contributed by atoms with Crippen molar-refractivity contribution in [1.29, 1.82) is 0 Å². The highest BCUT2D eigenvalue weighted by Gasteiger charge is 2.13. The summed E-state index contributed by atoms with van der Waals surface area (Å²) in [5.41, 5.74) is 2.78. The van der Waals surface area contributed by atoms with Crippen LogP contribution in [0.2, 0.25) is 0 Å². The maximum atomic E-state index is 12.6. The number of amides is 2. The predicted octanol–water partition coefficient (Wildman–Crippen LogP) is 3.22. The second-order valence-corrected chi connectivity index (χ2v) is 9.74. The number of rotatable bonds is 7. The molecule has 7 nitrogen and oxygen atoms in total. The molecule has 0 radical (unpaired) electrons. The smallest absolute Gasteiger partial charge is 0.270 e. The Balaban J connectivity index is 1.72. The molecule has 32 heavy (non-hydrogen) atoms. The quantitative estimate of drug-likeness (QED) is 0.574. The second-order valence-electron chi connectivity index (χ2n) is 7.72. The van der Waals surface area contributed by atoms with Crippen molar-refractivity contribution >= 4 is 21.7 Å². The van der Waals surface area contributed by atoms with Crippen molar-refractivity contribution < 1.29 is 18.0 Å². The average Bonchev–Trinajstić information content (AvgIpc) is 2.77. The lowest BCUT2D eigenvalue weighted by Crippen LogP contribution is -2.31. The van der Waals surface area contributed by atoms with Crippen LogP contribution in [0.5, 0.6) is 0 Å². The Labute approximate surface area is 187 Å². The minimum absolute atomic E-state index is 0.0350. The van der Waals surface area contributed by atoms with Gasteiger partial charge in [-0.2, -0.15) is 0 Å². The third kappa shape index (κ3) is 6.01. The third-order valence-corrected chi connectivity index (χ3v) is 5.72. The zero-order chi connectivity index (χ0) is 23.3. The summed E-state index contributed by atoms with van der Waals surface area (Å²) in [6.45, 7) is 3.95. The summed E-state index contributed by atoms with van der Waals surface area (Å²) in [5, 5.41) is 5.55. The first kappa shape index (κ1) is 23.1. The Hall–Kier alpha value is -3.52. The molecule has 166 valence electrons. The summed E-state index contributed by atoms with van der Waals surface area (Å²) in [4.78, 5) is 29.1. The summed E-state index contributed by atoms with van der Waals surface area (Å²) in [7, 11) is -3.30. The van der Waals surface area contributed by atoms with E-state index in [1.54, 1.807) is 36.4 Å². The van der Waals surface area contributed by atoms with E-state index in [0.29, 0.717) is 0 Å². The van der Waals surface area contributed by atoms with Gasteiger partial charge in [-0.1, -0.05) is 36.4 Å². The standard InChI is InChI=1S/C24H25N3O4S/c1-16(2)26-24(29)22-12-6-11-21(27-22)23(28)25-15-17-7-4-8-18(13-17)19-9-5-10-20(14-19)32(3,30)31/h4-14,16H,15H2,1-3H3,(H,25,28)(H,26,29). The number of sulfone groups is 1. The van der Waals surface area contributed by atoms with Gasteiger partial charge in [0, 0.05) is 18.8 Å². The van der Waals surface area contributed by atoms with E-state index < -0.39 is 15.7 Å². The zero-order valence-corrected chi connectivity index (χ0v) is 18.9. The van der Waals surface area contributed by atoms with Gasteiger partial charge in [0.25, 0.3) is 11.8 Å². The van der Waals surface area contributed by atoms with Crippen LogP contribution in [0.4, 0.5) is 0 Å². The second kappa shape index (κ2) is 9.74. The van der Waals surface area contributed by atoms with Crippen LogP contribution in [0.25, 0.3) is 11.1 Å². The predicted molar refractivity (Wildman–Crippen MR) is 123 cm³/mol. The molecular weight excluding hydrogens is 426 g/mol. The normalized spacial score (nSPS) is 11.2. The minimum Gasteiger partial charge on any atom is -0.349 e. The van der Waals surface area contributed by atoms with Gasteiger partial charge in [-0.25, -0.2) is 13.4 Å². The van der Waals surface area contributed by atoms with E-state index in [0.717, 1.165) is 16.7 Å². The molecule has 3 aromatic rings. The molecule has 0 aliphatic heterocycles. The maximum Gasteiger partial charge on any atom is 0.270 e. The van der Waals surface area contributed by atoms with Gasteiger partial charge in [0.15, 0.2) is 9.84 Å². The van der Waals surface area contributed by atoms with E-state index in [2.05, 4.69) is 15.6 Å². The molecule has 1 aromatic heterocycles. The Bertz CT molecular complexity index is 1250. The lowest BCUT2D eigenvalue weighted by atomic mass is 10.0. The summed E-state index contributed by atoms with van der Waals surface area (Å²) < 4.78 is 23.7. The number of nitrogens with zero attached hydrogens (tertiary/aromatic N) is 1. The molecule has 0 fully saturated rings. The SMILES string of the molecule is CC(C)NC(=O)c1cccc(C(=O)NCc2cccc(-c3cccc(S(C)(=O)=O)c3)c2)n1. The van der Waals surface area contributed by atoms with Crippen LogP contribution in [0, 0.1) is 0 Å². The molecule has 3 rings (SSSR count). The zero-order valence-electron chi connectivity index (χ0n) is 18.1. The van der Waals surface area contributed by atoms with Crippen LogP contribution in [-0.2, 0) is 16.4 Å².